The molecule has 1 aliphatic heterocycles. The molecule has 1 amide bonds. The minimum Gasteiger partial charge on any atom is -0.383 e. The lowest BCUT2D eigenvalue weighted by Gasteiger charge is -2.24. The van der Waals surface area contributed by atoms with E-state index in [-0.39, 0.29) is 11.3 Å². The van der Waals surface area contributed by atoms with Crippen LogP contribution in [0.5, 0.6) is 0 Å². The molecule has 208 valence electrons. The maximum Gasteiger partial charge on any atom is 0.255 e. The molecule has 1 unspecified atom stereocenters. The zero-order chi connectivity index (χ0) is 29.5. The number of rotatable bonds is 8. The van der Waals surface area contributed by atoms with Gasteiger partial charge in [0.2, 0.25) is 0 Å². The van der Waals surface area contributed by atoms with Crippen LogP contribution in [0.1, 0.15) is 62.5 Å². The molecule has 4 N–H and O–H groups in total. The van der Waals surface area contributed by atoms with Gasteiger partial charge in [0.05, 0.1) is 35.4 Å². The van der Waals surface area contributed by atoms with Crippen molar-refractivity contribution in [1.82, 2.24) is 25.9 Å². The second kappa shape index (κ2) is 10.7. The van der Waals surface area contributed by atoms with Gasteiger partial charge < -0.3 is 21.0 Å². The molecule has 2 aromatic carbocycles. The summed E-state index contributed by atoms with van der Waals surface area (Å²) in [6.07, 6.45) is 5.42. The largest absolute Gasteiger partial charge is 0.383 e. The molecule has 40 heavy (non-hydrogen) atoms. The van der Waals surface area contributed by atoms with Crippen molar-refractivity contribution >= 4 is 28.2 Å². The molecular weight excluding hydrogens is 507 g/mol. The van der Waals surface area contributed by atoms with Crippen LogP contribution in [0, 0.1) is 22.6 Å². The highest BCUT2D eigenvalue weighted by Gasteiger charge is 2.32. The Morgan fingerprint density at radius 1 is 1.30 bits per heavy atom. The van der Waals surface area contributed by atoms with Crippen LogP contribution >= 0.6 is 0 Å². The van der Waals surface area contributed by atoms with Crippen molar-refractivity contribution in [2.24, 2.45) is 5.41 Å². The molecule has 1 aliphatic carbocycles. The molecule has 5 rings (SSSR count). The van der Waals surface area contributed by atoms with Crippen LogP contribution in [0.15, 0.2) is 54.5 Å². The smallest absolute Gasteiger partial charge is 0.255 e. The van der Waals surface area contributed by atoms with E-state index in [1.807, 2.05) is 11.2 Å². The topological polar surface area (TPSA) is 108 Å². The lowest BCUT2D eigenvalue weighted by molar-refractivity contribution is 0.0829. The molecule has 1 saturated carbocycles. The molecule has 10 heteroatoms. The average molecular weight is 544 g/mol. The molecule has 0 saturated heterocycles. The first-order chi connectivity index (χ1) is 19.4. The number of halogens is 1. The first-order valence-electron chi connectivity index (χ1n) is 13.8. The van der Waals surface area contributed by atoms with Crippen molar-refractivity contribution in [3.63, 3.8) is 0 Å². The normalized spacial score (nSPS) is 16.9. The Bertz CT molecular complexity index is 1560. The van der Waals surface area contributed by atoms with E-state index < -0.39 is 11.8 Å². The van der Waals surface area contributed by atoms with Gasteiger partial charge in [-0.2, -0.15) is 5.26 Å². The maximum atomic E-state index is 13.9. The number of anilines is 2. The summed E-state index contributed by atoms with van der Waals surface area (Å²) >= 11 is 0. The van der Waals surface area contributed by atoms with E-state index in [9.17, 15) is 15.8 Å². The summed E-state index contributed by atoms with van der Waals surface area (Å²) in [6, 6.07) is 10.2. The van der Waals surface area contributed by atoms with Gasteiger partial charge in [-0.05, 0) is 48.1 Å². The number of benzene rings is 2. The third kappa shape index (κ3) is 5.80. The first kappa shape index (κ1) is 25.9. The van der Waals surface area contributed by atoms with E-state index >= 15 is 0 Å². The Hall–Kier alpha value is -4.36. The average Bonchev–Trinajstić information content (AvgIpc) is 3.65. The van der Waals surface area contributed by atoms with Gasteiger partial charge in [-0.25, -0.2) is 4.39 Å². The predicted octanol–water partition coefficient (Wildman–Crippen LogP) is 4.89. The van der Waals surface area contributed by atoms with Gasteiger partial charge in [-0.3, -0.25) is 14.8 Å². The van der Waals surface area contributed by atoms with Gasteiger partial charge in [0.25, 0.3) is 5.91 Å². The monoisotopic (exact) mass is 543 g/mol. The van der Waals surface area contributed by atoms with Crippen LogP contribution < -0.4 is 21.6 Å². The van der Waals surface area contributed by atoms with E-state index in [2.05, 4.69) is 53.4 Å². The van der Waals surface area contributed by atoms with E-state index in [0.29, 0.717) is 57.3 Å². The lowest BCUT2D eigenvalue weighted by Crippen LogP contribution is -2.38. The van der Waals surface area contributed by atoms with Crippen molar-refractivity contribution in [3.8, 4) is 6.07 Å². The molecular formula is C30H35FN8O. The SMILES string of the molecule is [2H]C(Nc1cc(C(=O)N(C)C)c2ncc(C#N)c(NCC(C)(C)C)c2c1)(C1=CN(C2CC2)NN1)c1ccc(F)cc1. The van der Waals surface area contributed by atoms with E-state index in [4.69, 9.17) is 0 Å². The second-order valence-corrected chi connectivity index (χ2v) is 11.6. The first-order valence-corrected chi connectivity index (χ1v) is 13.3. The lowest BCUT2D eigenvalue weighted by atomic mass is 9.96. The minimum atomic E-state index is -1.59. The van der Waals surface area contributed by atoms with Crippen LogP contribution in [0.2, 0.25) is 0 Å². The van der Waals surface area contributed by atoms with Gasteiger partial charge in [-0.15, -0.1) is 5.53 Å². The number of hydrazine groups is 2. The summed E-state index contributed by atoms with van der Waals surface area (Å²) in [5.41, 5.74) is 9.29. The number of aromatic nitrogens is 1. The second-order valence-electron chi connectivity index (χ2n) is 11.6. The van der Waals surface area contributed by atoms with Gasteiger partial charge in [0, 0.05) is 50.2 Å². The molecule has 1 fully saturated rings. The standard InChI is InChI=1S/C30H35FN8O/c1-30(2,3)17-34-26-19(14-32)15-33-28-23(26)12-21(13-24(28)29(40)38(4)5)35-27(18-6-8-20(31)9-7-18)25-16-39(37-36-25)22-10-11-22/h6-9,12-13,15-16,22,27,35-37H,10-11,17H2,1-5H3,(H,33,34)/i27D. The summed E-state index contributed by atoms with van der Waals surface area (Å²) in [4.78, 5) is 19.4. The van der Waals surface area contributed by atoms with Crippen molar-refractivity contribution in [2.45, 2.75) is 45.7 Å². The fourth-order valence-corrected chi connectivity index (χ4v) is 4.47. The van der Waals surface area contributed by atoms with Crippen molar-refractivity contribution < 1.29 is 10.6 Å². The molecule has 0 radical (unpaired) electrons. The highest BCUT2D eigenvalue weighted by molar-refractivity contribution is 6.10. The molecule has 9 nitrogen and oxygen atoms in total. The number of pyridine rings is 1. The molecule has 0 spiro atoms. The molecule has 2 aliphatic rings. The van der Waals surface area contributed by atoms with Gasteiger partial charge >= 0.3 is 0 Å². The van der Waals surface area contributed by atoms with Gasteiger partial charge in [0.15, 0.2) is 0 Å². The quantitative estimate of drug-likeness (QED) is 0.318. The number of hydrogen-bond acceptors (Lipinski definition) is 8. The van der Waals surface area contributed by atoms with E-state index in [1.165, 1.54) is 23.2 Å². The number of fused-ring (bicyclic) bond motifs is 1. The highest BCUT2D eigenvalue weighted by Crippen LogP contribution is 2.36. The highest BCUT2D eigenvalue weighted by atomic mass is 19.1. The van der Waals surface area contributed by atoms with Crippen molar-refractivity contribution in [3.05, 3.63) is 77.0 Å². The van der Waals surface area contributed by atoms with Crippen molar-refractivity contribution in [2.75, 3.05) is 31.3 Å². The third-order valence-corrected chi connectivity index (χ3v) is 6.72. The van der Waals surface area contributed by atoms with Crippen LogP contribution in [-0.4, -0.2) is 47.5 Å². The molecule has 0 bridgehead atoms. The van der Waals surface area contributed by atoms with Gasteiger partial charge in [0.1, 0.15) is 11.9 Å². The molecule has 1 atom stereocenters. The Kier molecular flexibility index (Phi) is 6.90. The predicted molar refractivity (Wildman–Crippen MR) is 154 cm³/mol. The Morgan fingerprint density at radius 3 is 2.65 bits per heavy atom. The summed E-state index contributed by atoms with van der Waals surface area (Å²) in [6.45, 7) is 6.83. The van der Waals surface area contributed by atoms with E-state index in [0.717, 1.165) is 12.8 Å². The van der Waals surface area contributed by atoms with Gasteiger partial charge in [-0.1, -0.05) is 32.9 Å². The fraction of sp³-hybridized carbons (Fsp3) is 0.367. The minimum absolute atomic E-state index is 0.0829. The summed E-state index contributed by atoms with van der Waals surface area (Å²) in [5.74, 6) is -0.675. The number of carbonyl (C=O) groups excluding carboxylic acids is 1. The van der Waals surface area contributed by atoms with Crippen LogP contribution in [0.4, 0.5) is 15.8 Å². The number of nitrogens with zero attached hydrogens (tertiary/aromatic N) is 4. The number of nitrogens with one attached hydrogen (secondary N) is 4. The van der Waals surface area contributed by atoms with Crippen LogP contribution in [-0.2, 0) is 0 Å². The number of carbonyl (C=O) groups is 1. The van der Waals surface area contributed by atoms with E-state index in [1.54, 1.807) is 38.4 Å². The van der Waals surface area contributed by atoms with Crippen molar-refractivity contribution in [1.29, 1.82) is 5.26 Å². The third-order valence-electron chi connectivity index (χ3n) is 6.72. The Morgan fingerprint density at radius 2 is 2.02 bits per heavy atom. The summed E-state index contributed by atoms with van der Waals surface area (Å²) < 4.78 is 23.6. The van der Waals surface area contributed by atoms with Crippen LogP contribution in [0.3, 0.4) is 0 Å². The number of amides is 1. The fourth-order valence-electron chi connectivity index (χ4n) is 4.47. The number of hydrogen-bond donors (Lipinski definition) is 4. The Labute approximate surface area is 235 Å². The summed E-state index contributed by atoms with van der Waals surface area (Å²) in [7, 11) is 3.32. The summed E-state index contributed by atoms with van der Waals surface area (Å²) in [5, 5.41) is 19.1. The molecule has 2 heterocycles. The molecule has 3 aromatic rings. The molecule has 1 aromatic heterocycles. The zero-order valence-corrected chi connectivity index (χ0v) is 23.4. The Balaban J connectivity index is 1.68. The maximum absolute atomic E-state index is 13.9. The zero-order valence-electron chi connectivity index (χ0n) is 24.4. The van der Waals surface area contributed by atoms with Crippen LogP contribution in [0.25, 0.3) is 10.9 Å². The number of nitriles is 1.